The van der Waals surface area contributed by atoms with Crippen LogP contribution >= 0.6 is 11.6 Å². The summed E-state index contributed by atoms with van der Waals surface area (Å²) in [5, 5.41) is 5.48. The number of halogens is 1. The van der Waals surface area contributed by atoms with E-state index in [0.717, 1.165) is 22.5 Å². The lowest BCUT2D eigenvalue weighted by molar-refractivity contribution is -0.181. The molecule has 4 aromatic rings. The summed E-state index contributed by atoms with van der Waals surface area (Å²) >= 11 is 6.08. The van der Waals surface area contributed by atoms with Gasteiger partial charge in [0.15, 0.2) is 11.4 Å². The lowest BCUT2D eigenvalue weighted by Gasteiger charge is -2.37. The fourth-order valence-corrected chi connectivity index (χ4v) is 5.02. The third kappa shape index (κ3) is 4.11. The Hall–Kier alpha value is -3.46. The quantitative estimate of drug-likeness (QED) is 0.401. The van der Waals surface area contributed by atoms with Crippen LogP contribution in [0.4, 0.5) is 0 Å². The van der Waals surface area contributed by atoms with Gasteiger partial charge in [-0.2, -0.15) is 5.10 Å². The number of ether oxygens (including phenoxy) is 3. The lowest BCUT2D eigenvalue weighted by atomic mass is 10.0. The van der Waals surface area contributed by atoms with E-state index in [4.69, 9.17) is 35.9 Å². The van der Waals surface area contributed by atoms with Crippen molar-refractivity contribution >= 4 is 23.2 Å². The minimum atomic E-state index is -0.546. The van der Waals surface area contributed by atoms with Crippen LogP contribution in [0.2, 0.25) is 5.02 Å². The molecule has 1 spiro atoms. The Balaban J connectivity index is 1.42. The number of hydrogen-bond donors (Lipinski definition) is 0. The normalized spacial score (nSPS) is 17.1. The van der Waals surface area contributed by atoms with Crippen molar-refractivity contribution in [3.8, 4) is 28.3 Å². The highest BCUT2D eigenvalue weighted by molar-refractivity contribution is 6.30. The number of hydrogen-bond acceptors (Lipinski definition) is 6. The van der Waals surface area contributed by atoms with E-state index in [1.54, 1.807) is 17.7 Å². The van der Waals surface area contributed by atoms with Gasteiger partial charge < -0.3 is 19.1 Å². The third-order valence-corrected chi connectivity index (χ3v) is 7.05. The van der Waals surface area contributed by atoms with Crippen molar-refractivity contribution in [1.29, 1.82) is 0 Å². The summed E-state index contributed by atoms with van der Waals surface area (Å²) in [6.45, 7) is 2.30. The number of fused-ring (bicyclic) bond motifs is 1. The molecule has 0 unspecified atom stereocenters. The van der Waals surface area contributed by atoms with E-state index in [1.807, 2.05) is 59.5 Å². The lowest BCUT2D eigenvalue weighted by Crippen LogP contribution is -2.47. The van der Waals surface area contributed by atoms with Gasteiger partial charge in [0.1, 0.15) is 11.4 Å². The standard InChI is InChI=1S/C27H25ClN4O4/c1-34-24-5-3-2-4-20(24)23-16-22(26(33)31-12-10-27(11-13-31)35-14-15-36-27)29-25-17-21(30-32(23)25)18-6-8-19(28)9-7-18/h2-9,16-17H,10-15H2,1H3. The molecular weight excluding hydrogens is 480 g/mol. The zero-order valence-corrected chi connectivity index (χ0v) is 20.6. The van der Waals surface area contributed by atoms with Gasteiger partial charge in [-0.05, 0) is 30.3 Å². The third-order valence-electron chi connectivity index (χ3n) is 6.80. The maximum atomic E-state index is 13.6. The smallest absolute Gasteiger partial charge is 0.272 e. The number of amides is 1. The van der Waals surface area contributed by atoms with Crippen molar-refractivity contribution in [2.45, 2.75) is 18.6 Å². The molecule has 9 heteroatoms. The second-order valence-corrected chi connectivity index (χ2v) is 9.37. The van der Waals surface area contributed by atoms with Gasteiger partial charge in [0, 0.05) is 48.1 Å². The first-order chi connectivity index (χ1) is 17.5. The van der Waals surface area contributed by atoms with Crippen molar-refractivity contribution in [2.24, 2.45) is 0 Å². The molecule has 36 heavy (non-hydrogen) atoms. The number of piperidine rings is 1. The predicted octanol–water partition coefficient (Wildman–Crippen LogP) is 4.70. The average Bonchev–Trinajstić information content (AvgIpc) is 3.56. The largest absolute Gasteiger partial charge is 0.496 e. The molecule has 2 aromatic heterocycles. The summed E-state index contributed by atoms with van der Waals surface area (Å²) in [5.74, 6) is 0.00785. The molecule has 4 heterocycles. The number of carbonyl (C=O) groups excluding carboxylic acids is 1. The monoisotopic (exact) mass is 504 g/mol. The molecule has 0 aliphatic carbocycles. The summed E-state index contributed by atoms with van der Waals surface area (Å²) in [6.07, 6.45) is 1.29. The molecule has 0 atom stereocenters. The molecule has 2 saturated heterocycles. The Morgan fingerprint density at radius 2 is 1.75 bits per heavy atom. The van der Waals surface area contributed by atoms with E-state index in [9.17, 15) is 4.79 Å². The van der Waals surface area contributed by atoms with E-state index in [-0.39, 0.29) is 5.91 Å². The molecule has 1 amide bonds. The fraction of sp³-hybridized carbons (Fsp3) is 0.296. The number of carbonyl (C=O) groups is 1. The fourth-order valence-electron chi connectivity index (χ4n) is 4.89. The van der Waals surface area contributed by atoms with Crippen LogP contribution in [0.3, 0.4) is 0 Å². The van der Waals surface area contributed by atoms with Crippen LogP contribution in [0, 0.1) is 0 Å². The van der Waals surface area contributed by atoms with Crippen LogP contribution < -0.4 is 4.74 Å². The van der Waals surface area contributed by atoms with Gasteiger partial charge in [0.05, 0.1) is 31.7 Å². The number of methoxy groups -OCH3 is 1. The SMILES string of the molecule is COc1ccccc1-c1cc(C(=O)N2CCC3(CC2)OCCO3)nc2cc(-c3ccc(Cl)cc3)nn12. The first-order valence-electron chi connectivity index (χ1n) is 11.9. The number of rotatable bonds is 4. The van der Waals surface area contributed by atoms with Gasteiger partial charge >= 0.3 is 0 Å². The van der Waals surface area contributed by atoms with Gasteiger partial charge in [-0.15, -0.1) is 0 Å². The Morgan fingerprint density at radius 1 is 1.03 bits per heavy atom. The zero-order valence-electron chi connectivity index (χ0n) is 19.8. The number of nitrogens with zero attached hydrogens (tertiary/aromatic N) is 4. The summed E-state index contributed by atoms with van der Waals surface area (Å²) in [5.41, 5.74) is 4.10. The summed E-state index contributed by atoms with van der Waals surface area (Å²) in [7, 11) is 1.63. The van der Waals surface area contributed by atoms with Gasteiger partial charge in [-0.1, -0.05) is 35.9 Å². The van der Waals surface area contributed by atoms with Gasteiger partial charge in [0.2, 0.25) is 0 Å². The molecule has 184 valence electrons. The summed E-state index contributed by atoms with van der Waals surface area (Å²) in [4.78, 5) is 20.1. The topological polar surface area (TPSA) is 78.2 Å². The predicted molar refractivity (Wildman–Crippen MR) is 135 cm³/mol. The summed E-state index contributed by atoms with van der Waals surface area (Å²) in [6, 6.07) is 18.8. The van der Waals surface area contributed by atoms with Crippen molar-refractivity contribution in [1.82, 2.24) is 19.5 Å². The van der Waals surface area contributed by atoms with Crippen molar-refractivity contribution in [2.75, 3.05) is 33.4 Å². The van der Waals surface area contributed by atoms with E-state index in [0.29, 0.717) is 61.3 Å². The first kappa shape index (κ1) is 23.0. The average molecular weight is 505 g/mol. The molecule has 2 fully saturated rings. The minimum absolute atomic E-state index is 0.129. The van der Waals surface area contributed by atoms with E-state index in [1.165, 1.54) is 0 Å². The van der Waals surface area contributed by atoms with Crippen molar-refractivity contribution in [3.05, 3.63) is 71.4 Å². The van der Waals surface area contributed by atoms with Crippen LogP contribution in [0.25, 0.3) is 28.2 Å². The molecular formula is C27H25ClN4O4. The maximum Gasteiger partial charge on any atom is 0.272 e. The second-order valence-electron chi connectivity index (χ2n) is 8.93. The minimum Gasteiger partial charge on any atom is -0.496 e. The highest BCUT2D eigenvalue weighted by Crippen LogP contribution is 2.34. The second kappa shape index (κ2) is 9.20. The van der Waals surface area contributed by atoms with E-state index in [2.05, 4.69) is 0 Å². The number of para-hydroxylation sites is 1. The van der Waals surface area contributed by atoms with Crippen LogP contribution in [0.5, 0.6) is 5.75 Å². The first-order valence-corrected chi connectivity index (χ1v) is 12.3. The Bertz CT molecular complexity index is 1420. The number of benzene rings is 2. The van der Waals surface area contributed by atoms with Crippen LogP contribution in [0.15, 0.2) is 60.7 Å². The van der Waals surface area contributed by atoms with Crippen molar-refractivity contribution in [3.63, 3.8) is 0 Å². The highest BCUT2D eigenvalue weighted by atomic mass is 35.5. The van der Waals surface area contributed by atoms with Crippen LogP contribution in [-0.2, 0) is 9.47 Å². The number of aromatic nitrogens is 3. The molecule has 6 rings (SSSR count). The van der Waals surface area contributed by atoms with E-state index < -0.39 is 5.79 Å². The van der Waals surface area contributed by atoms with Gasteiger partial charge in [0.25, 0.3) is 5.91 Å². The number of likely N-dealkylation sites (tertiary alicyclic amines) is 1. The molecule has 2 aliphatic heterocycles. The molecule has 0 saturated carbocycles. The molecule has 2 aliphatic rings. The Morgan fingerprint density at radius 3 is 2.47 bits per heavy atom. The Labute approximate surface area is 213 Å². The summed E-state index contributed by atoms with van der Waals surface area (Å²) < 4.78 is 19.0. The van der Waals surface area contributed by atoms with Crippen molar-refractivity contribution < 1.29 is 19.0 Å². The molecule has 0 radical (unpaired) electrons. The Kier molecular flexibility index (Phi) is 5.87. The molecule has 8 nitrogen and oxygen atoms in total. The van der Waals surface area contributed by atoms with Crippen LogP contribution in [-0.4, -0.2) is 64.6 Å². The molecule has 0 N–H and O–H groups in total. The zero-order chi connectivity index (χ0) is 24.7. The van der Waals surface area contributed by atoms with Crippen LogP contribution in [0.1, 0.15) is 23.3 Å². The molecule has 0 bridgehead atoms. The van der Waals surface area contributed by atoms with Gasteiger partial charge in [-0.3, -0.25) is 4.79 Å². The highest BCUT2D eigenvalue weighted by Gasteiger charge is 2.41. The van der Waals surface area contributed by atoms with E-state index >= 15 is 0 Å². The molecule has 2 aromatic carbocycles. The van der Waals surface area contributed by atoms with Gasteiger partial charge in [-0.25, -0.2) is 9.50 Å². The maximum absolute atomic E-state index is 13.6.